The minimum atomic E-state index is -0.459. The number of rotatable bonds is 4. The van der Waals surface area contributed by atoms with Crippen LogP contribution in [0.3, 0.4) is 0 Å². The van der Waals surface area contributed by atoms with E-state index >= 15 is 0 Å². The molecule has 0 N–H and O–H groups in total. The van der Waals surface area contributed by atoms with Crippen molar-refractivity contribution in [3.05, 3.63) is 65.0 Å². The van der Waals surface area contributed by atoms with Crippen molar-refractivity contribution in [1.29, 1.82) is 0 Å². The van der Waals surface area contributed by atoms with E-state index in [0.717, 1.165) is 5.75 Å². The minimum absolute atomic E-state index is 0.149. The van der Waals surface area contributed by atoms with Gasteiger partial charge in [-0.25, -0.2) is 4.39 Å². The van der Waals surface area contributed by atoms with Crippen molar-refractivity contribution >= 4 is 18.0 Å². The Balaban J connectivity index is 2.18. The molecule has 0 aromatic heterocycles. The van der Waals surface area contributed by atoms with E-state index < -0.39 is 5.82 Å². The van der Waals surface area contributed by atoms with Crippen LogP contribution in [0.15, 0.2) is 47.4 Å². The zero-order valence-electron chi connectivity index (χ0n) is 10.0. The van der Waals surface area contributed by atoms with E-state index in [1.165, 1.54) is 29.0 Å². The lowest BCUT2D eigenvalue weighted by atomic mass is 10.1. The van der Waals surface area contributed by atoms with Crippen molar-refractivity contribution in [2.75, 3.05) is 0 Å². The molecule has 0 saturated heterocycles. The van der Waals surface area contributed by atoms with Crippen molar-refractivity contribution in [2.45, 2.75) is 17.6 Å². The molecule has 0 fully saturated rings. The Morgan fingerprint density at radius 1 is 1.17 bits per heavy atom. The highest BCUT2D eigenvalue weighted by atomic mass is 32.2. The Morgan fingerprint density at radius 2 is 1.94 bits per heavy atom. The number of aryl methyl sites for hydroxylation is 1. The Kier molecular flexibility index (Phi) is 4.15. The largest absolute Gasteiger partial charge is 0.298 e. The second-order valence-corrected chi connectivity index (χ2v) is 5.00. The number of carbonyl (C=O) groups excluding carboxylic acids is 1. The second kappa shape index (κ2) is 5.83. The molecular formula is C15H13FOS. The maximum Gasteiger partial charge on any atom is 0.154 e. The third-order valence-electron chi connectivity index (χ3n) is 2.78. The fourth-order valence-electron chi connectivity index (χ4n) is 1.69. The summed E-state index contributed by atoms with van der Waals surface area (Å²) in [7, 11) is 0. The quantitative estimate of drug-likeness (QED) is 0.604. The SMILES string of the molecule is Cc1ccccc1CSc1cccc(F)c1C=O. The molecule has 0 amide bonds. The molecule has 2 aromatic carbocycles. The van der Waals surface area contributed by atoms with Gasteiger partial charge in [0.15, 0.2) is 6.29 Å². The second-order valence-electron chi connectivity index (χ2n) is 3.98. The first-order valence-electron chi connectivity index (χ1n) is 5.63. The predicted octanol–water partition coefficient (Wildman–Crippen LogP) is 4.24. The van der Waals surface area contributed by atoms with E-state index in [1.54, 1.807) is 12.1 Å². The fourth-order valence-corrected chi connectivity index (χ4v) is 2.80. The standard InChI is InChI=1S/C15H13FOS/c1-11-5-2-3-6-12(11)10-18-15-8-4-7-14(16)13(15)9-17/h2-9H,10H2,1H3. The molecule has 92 valence electrons. The van der Waals surface area contributed by atoms with Crippen LogP contribution in [-0.4, -0.2) is 6.29 Å². The summed E-state index contributed by atoms with van der Waals surface area (Å²) in [6.45, 7) is 2.04. The molecule has 0 spiro atoms. The molecule has 0 heterocycles. The third-order valence-corrected chi connectivity index (χ3v) is 3.90. The van der Waals surface area contributed by atoms with Crippen LogP contribution in [0.4, 0.5) is 4.39 Å². The molecule has 0 aliphatic heterocycles. The summed E-state index contributed by atoms with van der Waals surface area (Å²) >= 11 is 1.48. The first kappa shape index (κ1) is 12.8. The Bertz CT molecular complexity index is 566. The normalized spacial score (nSPS) is 10.3. The van der Waals surface area contributed by atoms with Gasteiger partial charge in [0.2, 0.25) is 0 Å². The molecule has 2 aromatic rings. The summed E-state index contributed by atoms with van der Waals surface area (Å²) in [5, 5.41) is 0. The van der Waals surface area contributed by atoms with Gasteiger partial charge in [-0.05, 0) is 30.2 Å². The maximum atomic E-state index is 13.4. The van der Waals surface area contributed by atoms with Crippen LogP contribution < -0.4 is 0 Å². The minimum Gasteiger partial charge on any atom is -0.298 e. The molecule has 0 bridgehead atoms. The van der Waals surface area contributed by atoms with E-state index in [-0.39, 0.29) is 5.56 Å². The number of carbonyl (C=O) groups is 1. The van der Waals surface area contributed by atoms with Crippen LogP contribution in [0.2, 0.25) is 0 Å². The lowest BCUT2D eigenvalue weighted by Crippen LogP contribution is -1.92. The Morgan fingerprint density at radius 3 is 2.67 bits per heavy atom. The average Bonchev–Trinajstić information content (AvgIpc) is 2.38. The molecule has 0 radical (unpaired) electrons. The monoisotopic (exact) mass is 260 g/mol. The maximum absolute atomic E-state index is 13.4. The van der Waals surface area contributed by atoms with Gasteiger partial charge < -0.3 is 0 Å². The zero-order valence-corrected chi connectivity index (χ0v) is 10.8. The van der Waals surface area contributed by atoms with E-state index in [0.29, 0.717) is 11.2 Å². The first-order chi connectivity index (χ1) is 8.72. The molecule has 2 rings (SSSR count). The van der Waals surface area contributed by atoms with Gasteiger partial charge in [-0.2, -0.15) is 0 Å². The number of aldehydes is 1. The molecular weight excluding hydrogens is 247 g/mol. The highest BCUT2D eigenvalue weighted by Crippen LogP contribution is 2.27. The third kappa shape index (κ3) is 2.79. The summed E-state index contributed by atoms with van der Waals surface area (Å²) in [4.78, 5) is 11.6. The van der Waals surface area contributed by atoms with Gasteiger partial charge in [-0.15, -0.1) is 11.8 Å². The van der Waals surface area contributed by atoms with Crippen LogP contribution in [0, 0.1) is 12.7 Å². The fraction of sp³-hybridized carbons (Fsp3) is 0.133. The van der Waals surface area contributed by atoms with Gasteiger partial charge in [0, 0.05) is 10.6 Å². The summed E-state index contributed by atoms with van der Waals surface area (Å²) < 4.78 is 13.4. The molecule has 18 heavy (non-hydrogen) atoms. The van der Waals surface area contributed by atoms with Gasteiger partial charge in [0.05, 0.1) is 5.56 Å². The number of thioether (sulfide) groups is 1. The van der Waals surface area contributed by atoms with E-state index in [4.69, 9.17) is 0 Å². The lowest BCUT2D eigenvalue weighted by Gasteiger charge is -2.07. The van der Waals surface area contributed by atoms with Crippen LogP contribution in [-0.2, 0) is 5.75 Å². The van der Waals surface area contributed by atoms with Crippen LogP contribution in [0.1, 0.15) is 21.5 Å². The Labute approximate surface area is 110 Å². The zero-order chi connectivity index (χ0) is 13.0. The predicted molar refractivity (Wildman–Crippen MR) is 72.5 cm³/mol. The topological polar surface area (TPSA) is 17.1 Å². The molecule has 0 atom stereocenters. The van der Waals surface area contributed by atoms with Gasteiger partial charge in [-0.3, -0.25) is 4.79 Å². The Hall–Kier alpha value is -1.61. The number of halogens is 1. The van der Waals surface area contributed by atoms with Gasteiger partial charge in [0.1, 0.15) is 5.82 Å². The molecule has 0 aliphatic carbocycles. The van der Waals surface area contributed by atoms with Gasteiger partial charge >= 0.3 is 0 Å². The van der Waals surface area contributed by atoms with Crippen molar-refractivity contribution in [2.24, 2.45) is 0 Å². The van der Waals surface area contributed by atoms with Gasteiger partial charge in [-0.1, -0.05) is 30.3 Å². The summed E-state index contributed by atoms with van der Waals surface area (Å²) in [5.41, 5.74) is 2.55. The summed E-state index contributed by atoms with van der Waals surface area (Å²) in [5.74, 6) is 0.275. The smallest absolute Gasteiger partial charge is 0.154 e. The van der Waals surface area contributed by atoms with E-state index in [9.17, 15) is 9.18 Å². The van der Waals surface area contributed by atoms with Crippen molar-refractivity contribution in [1.82, 2.24) is 0 Å². The van der Waals surface area contributed by atoms with Crippen LogP contribution in [0.25, 0.3) is 0 Å². The molecule has 0 unspecified atom stereocenters. The van der Waals surface area contributed by atoms with Crippen LogP contribution >= 0.6 is 11.8 Å². The average molecular weight is 260 g/mol. The number of hydrogen-bond donors (Lipinski definition) is 0. The molecule has 0 aliphatic rings. The first-order valence-corrected chi connectivity index (χ1v) is 6.62. The van der Waals surface area contributed by atoms with E-state index in [2.05, 4.69) is 0 Å². The lowest BCUT2D eigenvalue weighted by molar-refractivity contribution is 0.111. The molecule has 1 nitrogen and oxygen atoms in total. The number of hydrogen-bond acceptors (Lipinski definition) is 2. The molecule has 3 heteroatoms. The number of benzene rings is 2. The van der Waals surface area contributed by atoms with Gasteiger partial charge in [0.25, 0.3) is 0 Å². The summed E-state index contributed by atoms with van der Waals surface area (Å²) in [6.07, 6.45) is 0.579. The molecule has 0 saturated carbocycles. The summed E-state index contributed by atoms with van der Waals surface area (Å²) in [6, 6.07) is 12.8. The van der Waals surface area contributed by atoms with Crippen molar-refractivity contribution in [3.63, 3.8) is 0 Å². The highest BCUT2D eigenvalue weighted by Gasteiger charge is 2.08. The van der Waals surface area contributed by atoms with Crippen molar-refractivity contribution in [3.8, 4) is 0 Å². The van der Waals surface area contributed by atoms with Crippen molar-refractivity contribution < 1.29 is 9.18 Å². The highest BCUT2D eigenvalue weighted by molar-refractivity contribution is 7.98. The van der Waals surface area contributed by atoms with E-state index in [1.807, 2.05) is 31.2 Å². The van der Waals surface area contributed by atoms with Crippen LogP contribution in [0.5, 0.6) is 0 Å².